The number of ether oxygens (including phenoxy) is 1. The van der Waals surface area contributed by atoms with Crippen molar-refractivity contribution in [2.45, 2.75) is 0 Å². The highest BCUT2D eigenvalue weighted by Gasteiger charge is 2.10. The number of methoxy groups -OCH3 is 1. The Balaban J connectivity index is 2.32. The highest BCUT2D eigenvalue weighted by molar-refractivity contribution is 6.10. The van der Waals surface area contributed by atoms with Crippen LogP contribution in [0.15, 0.2) is 48.5 Å². The van der Waals surface area contributed by atoms with E-state index in [1.807, 2.05) is 0 Å². The molecule has 0 unspecified atom stereocenters. The van der Waals surface area contributed by atoms with Crippen LogP contribution >= 0.6 is 0 Å². The molecule has 0 amide bonds. The van der Waals surface area contributed by atoms with Crippen LogP contribution in [0, 0.1) is 5.41 Å². The number of nitrogen functional groups attached to an aromatic ring is 1. The predicted octanol–water partition coefficient (Wildman–Crippen LogP) is 2.21. The van der Waals surface area contributed by atoms with E-state index in [0.29, 0.717) is 22.4 Å². The lowest BCUT2D eigenvalue weighted by Gasteiger charge is -2.05. The average molecular weight is 254 g/mol. The van der Waals surface area contributed by atoms with Gasteiger partial charge in [-0.05, 0) is 30.3 Å². The maximum absolute atomic E-state index is 12.3. The molecule has 0 saturated carbocycles. The standard InChI is InChI=1S/C15H14N2O2/c1-19-13-7-5-10(6-8-13)14(18)11-3-2-4-12(9-11)15(16)17/h2-9H,1H3,(H3,16,17). The maximum atomic E-state index is 12.3. The van der Waals surface area contributed by atoms with E-state index >= 15 is 0 Å². The van der Waals surface area contributed by atoms with Crippen molar-refractivity contribution < 1.29 is 9.53 Å². The molecule has 0 aliphatic carbocycles. The highest BCUT2D eigenvalue weighted by Crippen LogP contribution is 2.15. The van der Waals surface area contributed by atoms with Crippen molar-refractivity contribution in [3.05, 3.63) is 65.2 Å². The van der Waals surface area contributed by atoms with Gasteiger partial charge in [0, 0.05) is 16.7 Å². The first-order chi connectivity index (χ1) is 9.11. The minimum atomic E-state index is -0.106. The van der Waals surface area contributed by atoms with E-state index in [1.165, 1.54) is 0 Å². The molecule has 2 aromatic carbocycles. The molecule has 3 N–H and O–H groups in total. The van der Waals surface area contributed by atoms with E-state index in [4.69, 9.17) is 15.9 Å². The van der Waals surface area contributed by atoms with Gasteiger partial charge in [-0.2, -0.15) is 0 Å². The summed E-state index contributed by atoms with van der Waals surface area (Å²) in [5.41, 5.74) is 7.04. The summed E-state index contributed by atoms with van der Waals surface area (Å²) >= 11 is 0. The Morgan fingerprint density at radius 1 is 1.05 bits per heavy atom. The predicted molar refractivity (Wildman–Crippen MR) is 73.9 cm³/mol. The van der Waals surface area contributed by atoms with E-state index in [1.54, 1.807) is 55.6 Å². The second-order valence-electron chi connectivity index (χ2n) is 4.05. The Bertz CT molecular complexity index is 618. The smallest absolute Gasteiger partial charge is 0.193 e. The molecule has 4 nitrogen and oxygen atoms in total. The normalized spacial score (nSPS) is 9.95. The molecule has 0 aromatic heterocycles. The van der Waals surface area contributed by atoms with Gasteiger partial charge in [0.05, 0.1) is 7.11 Å². The molecule has 0 heterocycles. The molecule has 4 heteroatoms. The number of carbonyl (C=O) groups is 1. The van der Waals surface area contributed by atoms with Gasteiger partial charge < -0.3 is 10.5 Å². The third-order valence-corrected chi connectivity index (χ3v) is 2.79. The number of hydrogen-bond donors (Lipinski definition) is 2. The summed E-state index contributed by atoms with van der Waals surface area (Å²) in [6, 6.07) is 13.6. The summed E-state index contributed by atoms with van der Waals surface area (Å²) < 4.78 is 5.05. The summed E-state index contributed by atoms with van der Waals surface area (Å²) in [6.45, 7) is 0. The Morgan fingerprint density at radius 3 is 2.26 bits per heavy atom. The molecular weight excluding hydrogens is 240 g/mol. The average Bonchev–Trinajstić information content (AvgIpc) is 2.46. The van der Waals surface area contributed by atoms with Gasteiger partial charge in [-0.3, -0.25) is 10.2 Å². The SMILES string of the molecule is COc1ccc(C(=O)c2cccc(C(=N)N)c2)cc1. The van der Waals surface area contributed by atoms with Crippen LogP contribution in [0.5, 0.6) is 5.75 Å². The first kappa shape index (κ1) is 12.8. The second-order valence-corrected chi connectivity index (χ2v) is 4.05. The van der Waals surface area contributed by atoms with E-state index in [9.17, 15) is 4.79 Å². The van der Waals surface area contributed by atoms with Gasteiger partial charge >= 0.3 is 0 Å². The van der Waals surface area contributed by atoms with E-state index in [2.05, 4.69) is 0 Å². The van der Waals surface area contributed by atoms with Crippen LogP contribution in [0.3, 0.4) is 0 Å². The fourth-order valence-corrected chi connectivity index (χ4v) is 1.74. The van der Waals surface area contributed by atoms with Crippen LogP contribution in [0.4, 0.5) is 0 Å². The van der Waals surface area contributed by atoms with Crippen molar-refractivity contribution in [3.63, 3.8) is 0 Å². The summed E-state index contributed by atoms with van der Waals surface area (Å²) in [5.74, 6) is 0.546. The molecule has 0 bridgehead atoms. The number of nitrogens with one attached hydrogen (secondary N) is 1. The highest BCUT2D eigenvalue weighted by atomic mass is 16.5. The van der Waals surface area contributed by atoms with Gasteiger partial charge in [0.15, 0.2) is 5.78 Å². The minimum absolute atomic E-state index is 0.0515. The third-order valence-electron chi connectivity index (χ3n) is 2.79. The van der Waals surface area contributed by atoms with Crippen LogP contribution in [-0.4, -0.2) is 18.7 Å². The van der Waals surface area contributed by atoms with Crippen LogP contribution < -0.4 is 10.5 Å². The monoisotopic (exact) mass is 254 g/mol. The molecule has 2 aromatic rings. The molecule has 0 fully saturated rings. The zero-order valence-electron chi connectivity index (χ0n) is 10.5. The first-order valence-corrected chi connectivity index (χ1v) is 5.75. The van der Waals surface area contributed by atoms with Gasteiger partial charge in [0.25, 0.3) is 0 Å². The molecule has 0 aliphatic heterocycles. The van der Waals surface area contributed by atoms with Crippen molar-refractivity contribution in [2.75, 3.05) is 7.11 Å². The summed E-state index contributed by atoms with van der Waals surface area (Å²) in [4.78, 5) is 12.3. The Morgan fingerprint density at radius 2 is 1.68 bits per heavy atom. The van der Waals surface area contributed by atoms with Crippen LogP contribution in [0.2, 0.25) is 0 Å². The third kappa shape index (κ3) is 2.80. The summed E-state index contributed by atoms with van der Waals surface area (Å²) in [7, 11) is 1.58. The number of carbonyl (C=O) groups excluding carboxylic acids is 1. The van der Waals surface area contributed by atoms with Crippen molar-refractivity contribution in [1.82, 2.24) is 0 Å². The zero-order valence-corrected chi connectivity index (χ0v) is 10.5. The lowest BCUT2D eigenvalue weighted by molar-refractivity contribution is 0.103. The van der Waals surface area contributed by atoms with Crippen LogP contribution in [-0.2, 0) is 0 Å². The number of rotatable bonds is 4. The first-order valence-electron chi connectivity index (χ1n) is 5.75. The molecule has 2 rings (SSSR count). The number of ketones is 1. The number of hydrogen-bond acceptors (Lipinski definition) is 3. The fourth-order valence-electron chi connectivity index (χ4n) is 1.74. The molecule has 0 atom stereocenters. The van der Waals surface area contributed by atoms with Crippen molar-refractivity contribution in [2.24, 2.45) is 5.73 Å². The molecule has 96 valence electrons. The summed E-state index contributed by atoms with van der Waals surface area (Å²) in [5, 5.41) is 7.38. The summed E-state index contributed by atoms with van der Waals surface area (Å²) in [6.07, 6.45) is 0. The Kier molecular flexibility index (Phi) is 3.61. The Hall–Kier alpha value is -2.62. The van der Waals surface area contributed by atoms with Crippen molar-refractivity contribution >= 4 is 11.6 Å². The van der Waals surface area contributed by atoms with E-state index in [-0.39, 0.29) is 11.6 Å². The molecule has 0 radical (unpaired) electrons. The molecule has 19 heavy (non-hydrogen) atoms. The largest absolute Gasteiger partial charge is 0.497 e. The van der Waals surface area contributed by atoms with Crippen LogP contribution in [0.1, 0.15) is 21.5 Å². The fraction of sp³-hybridized carbons (Fsp3) is 0.0667. The molecular formula is C15H14N2O2. The van der Waals surface area contributed by atoms with E-state index < -0.39 is 0 Å². The van der Waals surface area contributed by atoms with Crippen molar-refractivity contribution in [1.29, 1.82) is 5.41 Å². The minimum Gasteiger partial charge on any atom is -0.497 e. The van der Waals surface area contributed by atoms with Gasteiger partial charge in [-0.1, -0.05) is 18.2 Å². The lowest BCUT2D eigenvalue weighted by atomic mass is 10.0. The Labute approximate surface area is 111 Å². The van der Waals surface area contributed by atoms with Crippen LogP contribution in [0.25, 0.3) is 0 Å². The quantitative estimate of drug-likeness (QED) is 0.499. The second kappa shape index (κ2) is 5.35. The molecule has 0 spiro atoms. The zero-order chi connectivity index (χ0) is 13.8. The maximum Gasteiger partial charge on any atom is 0.193 e. The molecule has 0 aliphatic rings. The number of amidine groups is 1. The molecule has 0 saturated heterocycles. The van der Waals surface area contributed by atoms with E-state index in [0.717, 1.165) is 0 Å². The van der Waals surface area contributed by atoms with Gasteiger partial charge in [0.2, 0.25) is 0 Å². The topological polar surface area (TPSA) is 76.2 Å². The van der Waals surface area contributed by atoms with Gasteiger partial charge in [0.1, 0.15) is 11.6 Å². The number of benzene rings is 2. The van der Waals surface area contributed by atoms with Crippen molar-refractivity contribution in [3.8, 4) is 5.75 Å². The number of nitrogens with two attached hydrogens (primary N) is 1. The van der Waals surface area contributed by atoms with Gasteiger partial charge in [-0.25, -0.2) is 0 Å². The van der Waals surface area contributed by atoms with Gasteiger partial charge in [-0.15, -0.1) is 0 Å². The lowest BCUT2D eigenvalue weighted by Crippen LogP contribution is -2.12.